The van der Waals surface area contributed by atoms with Gasteiger partial charge in [-0.3, -0.25) is 9.69 Å². The predicted molar refractivity (Wildman–Crippen MR) is 97.4 cm³/mol. The molecule has 1 aliphatic heterocycles. The number of hydrogen-bond donors (Lipinski definition) is 1. The molecule has 2 aromatic rings. The molecule has 0 spiro atoms. The zero-order valence-electron chi connectivity index (χ0n) is 16.4. The summed E-state index contributed by atoms with van der Waals surface area (Å²) in [5, 5.41) is 7.19. The fourth-order valence-electron chi connectivity index (χ4n) is 3.26. The zero-order valence-corrected chi connectivity index (χ0v) is 16.4. The van der Waals surface area contributed by atoms with Gasteiger partial charge in [-0.15, -0.1) is 0 Å². The second-order valence-corrected chi connectivity index (χ2v) is 7.11. The van der Waals surface area contributed by atoms with Crippen LogP contribution in [0.4, 0.5) is 26.3 Å². The number of rotatable bonds is 5. The van der Waals surface area contributed by atoms with Crippen LogP contribution in [0.25, 0.3) is 5.69 Å². The number of piperazine rings is 1. The van der Waals surface area contributed by atoms with Gasteiger partial charge in [-0.05, 0) is 19.1 Å². The number of aromatic nitrogens is 2. The molecule has 1 aromatic carbocycles. The third-order valence-electron chi connectivity index (χ3n) is 4.85. The molecule has 0 bridgehead atoms. The Kier molecular flexibility index (Phi) is 6.60. The lowest BCUT2D eigenvalue weighted by atomic mass is 10.1. The summed E-state index contributed by atoms with van der Waals surface area (Å²) in [6.45, 7) is 2.36. The minimum Gasteiger partial charge on any atom is -0.442 e. The third kappa shape index (κ3) is 5.56. The summed E-state index contributed by atoms with van der Waals surface area (Å²) >= 11 is 0. The van der Waals surface area contributed by atoms with Gasteiger partial charge in [0.1, 0.15) is 6.04 Å². The van der Waals surface area contributed by atoms with Crippen LogP contribution in [0.5, 0.6) is 0 Å². The lowest BCUT2D eigenvalue weighted by Gasteiger charge is -2.35. The molecule has 0 amide bonds. The number of ether oxygens (including phenoxy) is 1. The highest BCUT2D eigenvalue weighted by molar-refractivity contribution is 5.76. The molecule has 0 aliphatic carbocycles. The van der Waals surface area contributed by atoms with Crippen LogP contribution in [-0.4, -0.2) is 64.8 Å². The second-order valence-electron chi connectivity index (χ2n) is 7.11. The summed E-state index contributed by atoms with van der Waals surface area (Å²) in [7, 11) is 0. The van der Waals surface area contributed by atoms with Crippen molar-refractivity contribution in [2.45, 2.75) is 38.0 Å². The monoisotopic (exact) mass is 450 g/mol. The van der Waals surface area contributed by atoms with Gasteiger partial charge in [-0.25, -0.2) is 4.68 Å². The fraction of sp³-hybridized carbons (Fsp3) is 0.474. The molecule has 1 unspecified atom stereocenters. The molecule has 1 atom stereocenters. The Labute approximate surface area is 173 Å². The van der Waals surface area contributed by atoms with E-state index in [1.807, 2.05) is 30.3 Å². The third-order valence-corrected chi connectivity index (χ3v) is 4.85. The summed E-state index contributed by atoms with van der Waals surface area (Å²) in [6.07, 6.45) is -14.0. The standard InChI is InChI=1S/C19H20F6N4O2/c1-12-13(11-29(27-12)14-5-3-2-4-6-14)10-28-8-7-26-9-15(28)16(30)31-17(18(20,21)22)19(23,24)25/h2-6,11,15,17,26H,7-10H2,1H3. The molecule has 170 valence electrons. The van der Waals surface area contributed by atoms with Gasteiger partial charge in [0, 0.05) is 37.9 Å². The molecular formula is C19H20F6N4O2. The highest BCUT2D eigenvalue weighted by Gasteiger charge is 2.60. The van der Waals surface area contributed by atoms with Crippen molar-refractivity contribution in [2.24, 2.45) is 0 Å². The Morgan fingerprint density at radius 3 is 2.45 bits per heavy atom. The Hall–Kier alpha value is -2.60. The molecule has 3 rings (SSSR count). The maximum atomic E-state index is 12.8. The van der Waals surface area contributed by atoms with Gasteiger partial charge < -0.3 is 10.1 Å². The average Bonchev–Trinajstić information content (AvgIpc) is 3.06. The number of nitrogens with zero attached hydrogens (tertiary/aromatic N) is 3. The lowest BCUT2D eigenvalue weighted by molar-refractivity contribution is -0.314. The molecule has 2 heterocycles. The van der Waals surface area contributed by atoms with Crippen LogP contribution in [0, 0.1) is 6.92 Å². The minimum absolute atomic E-state index is 0.114. The van der Waals surface area contributed by atoms with Crippen LogP contribution in [0.2, 0.25) is 0 Å². The van der Waals surface area contributed by atoms with E-state index in [-0.39, 0.29) is 19.6 Å². The zero-order chi connectivity index (χ0) is 22.8. The summed E-state index contributed by atoms with van der Waals surface area (Å²) < 4.78 is 82.1. The molecule has 6 nitrogen and oxygen atoms in total. The van der Waals surface area contributed by atoms with Crippen molar-refractivity contribution in [3.63, 3.8) is 0 Å². The van der Waals surface area contributed by atoms with Crippen LogP contribution in [-0.2, 0) is 16.1 Å². The minimum atomic E-state index is -5.76. The van der Waals surface area contributed by atoms with Crippen molar-refractivity contribution in [3.05, 3.63) is 47.8 Å². The van der Waals surface area contributed by atoms with Crippen molar-refractivity contribution >= 4 is 5.97 Å². The van der Waals surface area contributed by atoms with E-state index in [2.05, 4.69) is 15.2 Å². The fourth-order valence-corrected chi connectivity index (χ4v) is 3.26. The highest BCUT2D eigenvalue weighted by atomic mass is 19.4. The Bertz CT molecular complexity index is 883. The quantitative estimate of drug-likeness (QED) is 0.561. The van der Waals surface area contributed by atoms with Crippen LogP contribution in [0.3, 0.4) is 0 Å². The largest absolute Gasteiger partial charge is 0.442 e. The predicted octanol–water partition coefficient (Wildman–Crippen LogP) is 2.99. The van der Waals surface area contributed by atoms with Crippen LogP contribution >= 0.6 is 0 Å². The molecule has 1 aromatic heterocycles. The highest BCUT2D eigenvalue weighted by Crippen LogP contribution is 2.36. The normalized spacial score (nSPS) is 18.4. The van der Waals surface area contributed by atoms with Gasteiger partial charge in [0.2, 0.25) is 0 Å². The number of alkyl halides is 6. The molecule has 1 saturated heterocycles. The maximum absolute atomic E-state index is 12.8. The number of halogens is 6. The molecule has 1 N–H and O–H groups in total. The van der Waals surface area contributed by atoms with E-state index in [0.717, 1.165) is 5.69 Å². The molecule has 1 aliphatic rings. The number of nitrogens with one attached hydrogen (secondary N) is 1. The first kappa shape index (κ1) is 23.1. The SMILES string of the molecule is Cc1nn(-c2ccccc2)cc1CN1CCNCC1C(=O)OC(C(F)(F)F)C(F)(F)F. The topological polar surface area (TPSA) is 59.4 Å². The van der Waals surface area contributed by atoms with Crippen LogP contribution in [0.15, 0.2) is 36.5 Å². The van der Waals surface area contributed by atoms with Crippen LogP contribution < -0.4 is 5.32 Å². The van der Waals surface area contributed by atoms with Crippen molar-refractivity contribution in [2.75, 3.05) is 19.6 Å². The van der Waals surface area contributed by atoms with Gasteiger partial charge >= 0.3 is 18.3 Å². The maximum Gasteiger partial charge on any atom is 0.434 e. The molecule has 0 saturated carbocycles. The molecular weight excluding hydrogens is 430 g/mol. The van der Waals surface area contributed by atoms with Crippen LogP contribution in [0.1, 0.15) is 11.3 Å². The van der Waals surface area contributed by atoms with E-state index in [9.17, 15) is 31.1 Å². The van der Waals surface area contributed by atoms with E-state index < -0.39 is 30.5 Å². The molecule has 31 heavy (non-hydrogen) atoms. The van der Waals surface area contributed by atoms with E-state index >= 15 is 0 Å². The van der Waals surface area contributed by atoms with Crippen molar-refractivity contribution < 1.29 is 35.9 Å². The van der Waals surface area contributed by atoms with Crippen molar-refractivity contribution in [3.8, 4) is 5.69 Å². The molecule has 1 fully saturated rings. The molecule has 12 heteroatoms. The van der Waals surface area contributed by atoms with Crippen molar-refractivity contribution in [1.29, 1.82) is 0 Å². The van der Waals surface area contributed by atoms with Gasteiger partial charge in [0.25, 0.3) is 6.10 Å². The summed E-state index contributed by atoms with van der Waals surface area (Å²) in [4.78, 5) is 13.8. The van der Waals surface area contributed by atoms with Gasteiger partial charge in [-0.1, -0.05) is 18.2 Å². The first-order chi connectivity index (χ1) is 14.5. The summed E-state index contributed by atoms with van der Waals surface area (Å²) in [5.74, 6) is -1.58. The van der Waals surface area contributed by atoms with Crippen molar-refractivity contribution in [1.82, 2.24) is 20.0 Å². The van der Waals surface area contributed by atoms with E-state index in [4.69, 9.17) is 0 Å². The van der Waals surface area contributed by atoms with Gasteiger partial charge in [0.05, 0.1) is 11.4 Å². The first-order valence-corrected chi connectivity index (χ1v) is 9.36. The smallest absolute Gasteiger partial charge is 0.434 e. The second kappa shape index (κ2) is 8.87. The van der Waals surface area contributed by atoms with E-state index in [1.54, 1.807) is 17.8 Å². The Morgan fingerprint density at radius 1 is 1.19 bits per heavy atom. The van der Waals surface area contributed by atoms with E-state index in [1.165, 1.54) is 4.90 Å². The number of esters is 1. The summed E-state index contributed by atoms with van der Waals surface area (Å²) in [6, 6.07) is 7.84. The Morgan fingerprint density at radius 2 is 1.84 bits per heavy atom. The first-order valence-electron chi connectivity index (χ1n) is 9.36. The number of para-hydroxylation sites is 1. The summed E-state index contributed by atoms with van der Waals surface area (Å²) in [5.41, 5.74) is 2.09. The van der Waals surface area contributed by atoms with Gasteiger partial charge in [-0.2, -0.15) is 31.4 Å². The average molecular weight is 450 g/mol. The lowest BCUT2D eigenvalue weighted by Crippen LogP contribution is -2.57. The molecule has 0 radical (unpaired) electrons. The number of benzene rings is 1. The number of hydrogen-bond acceptors (Lipinski definition) is 5. The number of carbonyl (C=O) groups is 1. The number of aryl methyl sites for hydroxylation is 1. The Balaban J connectivity index is 1.77. The van der Waals surface area contributed by atoms with E-state index in [0.29, 0.717) is 17.8 Å². The van der Waals surface area contributed by atoms with Gasteiger partial charge in [0.15, 0.2) is 0 Å². The number of carbonyl (C=O) groups excluding carboxylic acids is 1.